The maximum Gasteiger partial charge on any atom is 0.305 e. The molecular formula is C62H121NO5. The van der Waals surface area contributed by atoms with Crippen LogP contribution in [-0.2, 0) is 14.3 Å². The molecule has 2 unspecified atom stereocenters. The molecule has 0 radical (unpaired) electrons. The predicted octanol–water partition coefficient (Wildman–Crippen LogP) is 19.2. The fourth-order valence-electron chi connectivity index (χ4n) is 9.81. The minimum atomic E-state index is -0.666. The van der Waals surface area contributed by atoms with Gasteiger partial charge in [0, 0.05) is 12.8 Å². The number of allylic oxidation sites excluding steroid dienone is 2. The van der Waals surface area contributed by atoms with Gasteiger partial charge in [-0.3, -0.25) is 9.59 Å². The number of carbonyl (C=O) groups excluding carboxylic acids is 2. The van der Waals surface area contributed by atoms with E-state index < -0.39 is 12.1 Å². The van der Waals surface area contributed by atoms with Gasteiger partial charge in [-0.2, -0.15) is 0 Å². The summed E-state index contributed by atoms with van der Waals surface area (Å²) in [5.41, 5.74) is 0. The monoisotopic (exact) mass is 960 g/mol. The summed E-state index contributed by atoms with van der Waals surface area (Å²) in [5, 5.41) is 23.3. The topological polar surface area (TPSA) is 95.9 Å². The number of aliphatic hydroxyl groups excluding tert-OH is 2. The van der Waals surface area contributed by atoms with Crippen LogP contribution >= 0.6 is 0 Å². The smallest absolute Gasteiger partial charge is 0.305 e. The van der Waals surface area contributed by atoms with Gasteiger partial charge in [-0.25, -0.2) is 0 Å². The first-order valence-electron chi connectivity index (χ1n) is 30.9. The van der Waals surface area contributed by atoms with Gasteiger partial charge < -0.3 is 20.3 Å². The van der Waals surface area contributed by atoms with Crippen LogP contribution in [0.1, 0.15) is 348 Å². The van der Waals surface area contributed by atoms with Crippen molar-refractivity contribution in [2.75, 3.05) is 13.2 Å². The molecule has 0 fully saturated rings. The normalized spacial score (nSPS) is 12.6. The molecule has 1 amide bonds. The molecule has 68 heavy (non-hydrogen) atoms. The number of aliphatic hydroxyl groups is 2. The van der Waals surface area contributed by atoms with E-state index >= 15 is 0 Å². The van der Waals surface area contributed by atoms with Gasteiger partial charge in [-0.05, 0) is 51.4 Å². The van der Waals surface area contributed by atoms with Crippen LogP contribution in [-0.4, -0.2) is 47.4 Å². The summed E-state index contributed by atoms with van der Waals surface area (Å²) < 4.78 is 5.49. The van der Waals surface area contributed by atoms with Crippen molar-refractivity contribution in [2.24, 2.45) is 0 Å². The first kappa shape index (κ1) is 66.6. The molecule has 404 valence electrons. The number of nitrogens with one attached hydrogen (secondary N) is 1. The van der Waals surface area contributed by atoms with Crippen molar-refractivity contribution in [3.05, 3.63) is 12.2 Å². The van der Waals surface area contributed by atoms with Crippen molar-refractivity contribution >= 4 is 11.9 Å². The average molecular weight is 961 g/mol. The molecule has 0 heterocycles. The molecular weight excluding hydrogens is 839 g/mol. The average Bonchev–Trinajstić information content (AvgIpc) is 3.34. The summed E-state index contributed by atoms with van der Waals surface area (Å²) in [7, 11) is 0. The van der Waals surface area contributed by atoms with E-state index in [4.69, 9.17) is 4.74 Å². The Kier molecular flexibility index (Phi) is 57.0. The van der Waals surface area contributed by atoms with Gasteiger partial charge in [-0.1, -0.05) is 296 Å². The Hall–Kier alpha value is -1.40. The van der Waals surface area contributed by atoms with Crippen molar-refractivity contribution in [3.8, 4) is 0 Å². The molecule has 3 N–H and O–H groups in total. The lowest BCUT2D eigenvalue weighted by molar-refractivity contribution is -0.143. The van der Waals surface area contributed by atoms with Crippen molar-refractivity contribution in [3.63, 3.8) is 0 Å². The highest BCUT2D eigenvalue weighted by molar-refractivity contribution is 5.76. The van der Waals surface area contributed by atoms with E-state index in [1.165, 1.54) is 270 Å². The lowest BCUT2D eigenvalue weighted by atomic mass is 10.0. The largest absolute Gasteiger partial charge is 0.466 e. The zero-order chi connectivity index (χ0) is 49.3. The highest BCUT2D eigenvalue weighted by atomic mass is 16.5. The van der Waals surface area contributed by atoms with Gasteiger partial charge in [0.2, 0.25) is 5.91 Å². The van der Waals surface area contributed by atoms with Crippen LogP contribution in [0.4, 0.5) is 0 Å². The number of ether oxygens (including phenoxy) is 1. The maximum absolute atomic E-state index is 12.5. The number of hydrogen-bond acceptors (Lipinski definition) is 5. The van der Waals surface area contributed by atoms with Crippen LogP contribution in [0, 0.1) is 0 Å². The second-order valence-corrected chi connectivity index (χ2v) is 21.4. The number of rotatable bonds is 58. The number of esters is 1. The Labute approximate surface area is 425 Å². The first-order valence-corrected chi connectivity index (χ1v) is 30.9. The third-order valence-corrected chi connectivity index (χ3v) is 14.6. The Morgan fingerprint density at radius 3 is 1.04 bits per heavy atom. The minimum Gasteiger partial charge on any atom is -0.466 e. The molecule has 6 nitrogen and oxygen atoms in total. The summed E-state index contributed by atoms with van der Waals surface area (Å²) in [5.74, 6) is -0.0313. The third kappa shape index (κ3) is 53.9. The zero-order valence-electron chi connectivity index (χ0n) is 46.1. The molecule has 0 aromatic heterocycles. The molecule has 0 aliphatic rings. The van der Waals surface area contributed by atoms with E-state index in [1.54, 1.807) is 0 Å². The van der Waals surface area contributed by atoms with Crippen molar-refractivity contribution in [1.82, 2.24) is 5.32 Å². The SMILES string of the molecule is CCCCCCCCC/C=C\CCCCCCCCCC(=O)OCCCCCCCCCCCCCCCCCCCCC(=O)NC(CO)C(O)CCCCCCCCCCCCCCCCC. The molecule has 6 heteroatoms. The fraction of sp³-hybridized carbons (Fsp3) is 0.935. The van der Waals surface area contributed by atoms with Crippen molar-refractivity contribution < 1.29 is 24.5 Å². The lowest BCUT2D eigenvalue weighted by Crippen LogP contribution is -2.45. The van der Waals surface area contributed by atoms with Gasteiger partial charge in [0.15, 0.2) is 0 Å². The Bertz CT molecular complexity index is 1020. The molecule has 0 bridgehead atoms. The fourth-order valence-corrected chi connectivity index (χ4v) is 9.81. The maximum atomic E-state index is 12.5. The summed E-state index contributed by atoms with van der Waals surface area (Å²) in [4.78, 5) is 24.6. The van der Waals surface area contributed by atoms with Gasteiger partial charge in [0.25, 0.3) is 0 Å². The molecule has 0 rings (SSSR count). The quantitative estimate of drug-likeness (QED) is 0.0321. The second kappa shape index (κ2) is 58.2. The van der Waals surface area contributed by atoms with E-state index in [1.807, 2.05) is 0 Å². The molecule has 0 spiro atoms. The number of hydrogen-bond donors (Lipinski definition) is 3. The van der Waals surface area contributed by atoms with Gasteiger partial charge in [0.05, 0.1) is 25.4 Å². The van der Waals surface area contributed by atoms with Gasteiger partial charge in [-0.15, -0.1) is 0 Å². The van der Waals surface area contributed by atoms with E-state index in [0.29, 0.717) is 25.9 Å². The number of carbonyl (C=O) groups is 2. The predicted molar refractivity (Wildman–Crippen MR) is 297 cm³/mol. The van der Waals surface area contributed by atoms with Crippen LogP contribution in [0.15, 0.2) is 12.2 Å². The lowest BCUT2D eigenvalue weighted by Gasteiger charge is -2.22. The van der Waals surface area contributed by atoms with E-state index in [2.05, 4.69) is 31.3 Å². The van der Waals surface area contributed by atoms with Crippen LogP contribution in [0.2, 0.25) is 0 Å². The van der Waals surface area contributed by atoms with Crippen LogP contribution in [0.25, 0.3) is 0 Å². The highest BCUT2D eigenvalue weighted by Gasteiger charge is 2.20. The summed E-state index contributed by atoms with van der Waals surface area (Å²) in [6.07, 6.45) is 69.3. The van der Waals surface area contributed by atoms with Crippen LogP contribution in [0.5, 0.6) is 0 Å². The van der Waals surface area contributed by atoms with E-state index in [0.717, 1.165) is 44.9 Å². The van der Waals surface area contributed by atoms with Gasteiger partial charge in [0.1, 0.15) is 0 Å². The molecule has 0 aliphatic carbocycles. The van der Waals surface area contributed by atoms with E-state index in [-0.39, 0.29) is 18.5 Å². The Morgan fingerprint density at radius 2 is 0.691 bits per heavy atom. The van der Waals surface area contributed by atoms with Crippen molar-refractivity contribution in [1.29, 1.82) is 0 Å². The summed E-state index contributed by atoms with van der Waals surface area (Å²) in [6.45, 7) is 4.97. The molecule has 2 atom stereocenters. The van der Waals surface area contributed by atoms with Gasteiger partial charge >= 0.3 is 5.97 Å². The number of amides is 1. The minimum absolute atomic E-state index is 0.00528. The second-order valence-electron chi connectivity index (χ2n) is 21.4. The number of unbranched alkanes of at least 4 members (excludes halogenated alkanes) is 45. The Morgan fingerprint density at radius 1 is 0.397 bits per heavy atom. The Balaban J connectivity index is 3.38. The molecule has 0 aromatic carbocycles. The standard InChI is InChI=1S/C62H121NO5/c1-3-5-7-9-11-13-15-17-19-20-24-28-32-36-40-44-48-52-56-62(67)68-57-53-49-45-41-37-33-29-25-22-21-23-27-31-35-39-43-47-51-55-61(66)63-59(58-64)60(65)54-50-46-42-38-34-30-26-18-16-14-12-10-8-6-4-2/h19-20,59-60,64-65H,3-18,21-58H2,1-2H3,(H,63,66)/b20-19-. The molecule has 0 saturated heterocycles. The van der Waals surface area contributed by atoms with Crippen LogP contribution in [0.3, 0.4) is 0 Å². The summed E-state index contributed by atoms with van der Waals surface area (Å²) >= 11 is 0. The van der Waals surface area contributed by atoms with E-state index in [9.17, 15) is 19.8 Å². The summed E-state index contributed by atoms with van der Waals surface area (Å²) in [6, 6.07) is -0.544. The molecule has 0 aliphatic heterocycles. The van der Waals surface area contributed by atoms with Crippen LogP contribution < -0.4 is 5.32 Å². The van der Waals surface area contributed by atoms with Crippen molar-refractivity contribution in [2.45, 2.75) is 360 Å². The zero-order valence-corrected chi connectivity index (χ0v) is 46.1. The highest BCUT2D eigenvalue weighted by Crippen LogP contribution is 2.18. The molecule has 0 aromatic rings. The first-order chi connectivity index (χ1) is 33.5. The third-order valence-electron chi connectivity index (χ3n) is 14.6. The molecule has 0 saturated carbocycles.